The second kappa shape index (κ2) is 10.9. The molecule has 0 saturated carbocycles. The molecule has 0 bridgehead atoms. The molecule has 0 radical (unpaired) electrons. The van der Waals surface area contributed by atoms with Crippen LogP contribution in [0.2, 0.25) is 0 Å². The summed E-state index contributed by atoms with van der Waals surface area (Å²) in [5, 5.41) is 7.74. The van der Waals surface area contributed by atoms with Crippen LogP contribution in [0.5, 0.6) is 0 Å². The molecule has 0 heterocycles. The first-order valence-corrected chi connectivity index (χ1v) is 9.59. The molecule has 0 aliphatic carbocycles. The van der Waals surface area contributed by atoms with Gasteiger partial charge in [0.1, 0.15) is 23.7 Å². The molecule has 0 rings (SSSR count). The number of hydrogen-bond donors (Lipinski definition) is 4. The van der Waals surface area contributed by atoms with Gasteiger partial charge in [0, 0.05) is 0 Å². The molecule has 4 atom stereocenters. The molecular weight excluding hydrogens is 364 g/mol. The number of carbonyl (C=O) groups excluding carboxylic acids is 4. The Balaban J connectivity index is 5.30. The minimum atomic E-state index is -0.888. The molecule has 28 heavy (non-hydrogen) atoms. The standard InChI is InChI=1S/C19H36N4O5/c1-9-11(4)14(23-18(27)28-19(6,7)8)17(26)22-13(10(2)3)16(25)21-12(5)15(20)24/h10-14H,9H2,1-8H3,(H2,20,24)(H,21,25)(H,22,26)(H,23,27)/t11-,12-,13-,14+/m0/s1. The summed E-state index contributed by atoms with van der Waals surface area (Å²) in [7, 11) is 0. The fraction of sp³-hybridized carbons (Fsp3) is 0.789. The van der Waals surface area contributed by atoms with Crippen molar-refractivity contribution in [2.75, 3.05) is 0 Å². The van der Waals surface area contributed by atoms with E-state index in [9.17, 15) is 19.2 Å². The number of rotatable bonds is 9. The molecule has 9 nitrogen and oxygen atoms in total. The number of amides is 4. The van der Waals surface area contributed by atoms with Crippen LogP contribution >= 0.6 is 0 Å². The van der Waals surface area contributed by atoms with Gasteiger partial charge in [-0.25, -0.2) is 4.79 Å². The lowest BCUT2D eigenvalue weighted by molar-refractivity contribution is -0.133. The highest BCUT2D eigenvalue weighted by atomic mass is 16.6. The Morgan fingerprint density at radius 3 is 1.79 bits per heavy atom. The van der Waals surface area contributed by atoms with Crippen molar-refractivity contribution >= 4 is 23.8 Å². The summed E-state index contributed by atoms with van der Waals surface area (Å²) in [6, 6.07) is -2.63. The van der Waals surface area contributed by atoms with Crippen LogP contribution in [0.1, 0.15) is 61.8 Å². The topological polar surface area (TPSA) is 140 Å². The SMILES string of the molecule is CC[C@H](C)[C@@H](NC(=O)OC(C)(C)C)C(=O)N[C@H](C(=O)N[C@@H](C)C(N)=O)C(C)C. The Morgan fingerprint density at radius 2 is 1.39 bits per heavy atom. The van der Waals surface area contributed by atoms with Gasteiger partial charge in [0.15, 0.2) is 0 Å². The zero-order valence-electron chi connectivity index (χ0n) is 18.2. The zero-order valence-corrected chi connectivity index (χ0v) is 18.2. The minimum Gasteiger partial charge on any atom is -0.444 e. The Bertz CT molecular complexity index is 571. The predicted octanol–water partition coefficient (Wildman–Crippen LogP) is 1.06. The molecule has 0 aliphatic rings. The van der Waals surface area contributed by atoms with E-state index in [1.807, 2.05) is 13.8 Å². The second-order valence-corrected chi connectivity index (χ2v) is 8.37. The van der Waals surface area contributed by atoms with Gasteiger partial charge < -0.3 is 26.4 Å². The van der Waals surface area contributed by atoms with Crippen LogP contribution in [0.4, 0.5) is 4.79 Å². The summed E-state index contributed by atoms with van der Waals surface area (Å²) < 4.78 is 5.23. The molecule has 5 N–H and O–H groups in total. The maximum Gasteiger partial charge on any atom is 0.408 e. The fourth-order valence-electron chi connectivity index (χ4n) is 2.29. The van der Waals surface area contributed by atoms with Gasteiger partial charge in [0.2, 0.25) is 17.7 Å². The normalized spacial score (nSPS) is 15.8. The lowest BCUT2D eigenvalue weighted by Crippen LogP contribution is -2.58. The van der Waals surface area contributed by atoms with Crippen LogP contribution in [0.15, 0.2) is 0 Å². The molecule has 0 unspecified atom stereocenters. The van der Waals surface area contributed by atoms with Gasteiger partial charge in [-0.05, 0) is 39.5 Å². The lowest BCUT2D eigenvalue weighted by atomic mass is 9.96. The summed E-state index contributed by atoms with van der Waals surface area (Å²) in [6.07, 6.45) is -0.0775. The quantitative estimate of drug-likeness (QED) is 0.458. The van der Waals surface area contributed by atoms with E-state index in [-0.39, 0.29) is 11.8 Å². The van der Waals surface area contributed by atoms with Crippen molar-refractivity contribution in [3.63, 3.8) is 0 Å². The summed E-state index contributed by atoms with van der Waals surface area (Å²) in [6.45, 7) is 13.9. The van der Waals surface area contributed by atoms with E-state index in [0.29, 0.717) is 6.42 Å². The van der Waals surface area contributed by atoms with Gasteiger partial charge in [0.05, 0.1) is 0 Å². The molecule has 0 aromatic heterocycles. The van der Waals surface area contributed by atoms with Crippen LogP contribution in [0, 0.1) is 11.8 Å². The first-order valence-electron chi connectivity index (χ1n) is 9.59. The highest BCUT2D eigenvalue weighted by Gasteiger charge is 2.33. The monoisotopic (exact) mass is 400 g/mol. The van der Waals surface area contributed by atoms with Gasteiger partial charge in [0.25, 0.3) is 0 Å². The van der Waals surface area contributed by atoms with E-state index in [1.54, 1.807) is 34.6 Å². The third kappa shape index (κ3) is 9.05. The highest BCUT2D eigenvalue weighted by Crippen LogP contribution is 2.12. The van der Waals surface area contributed by atoms with Crippen molar-refractivity contribution in [3.05, 3.63) is 0 Å². The van der Waals surface area contributed by atoms with Crippen molar-refractivity contribution in [2.45, 2.75) is 85.5 Å². The maximum absolute atomic E-state index is 12.8. The molecule has 0 aliphatic heterocycles. The smallest absolute Gasteiger partial charge is 0.408 e. The van der Waals surface area contributed by atoms with Crippen molar-refractivity contribution in [2.24, 2.45) is 17.6 Å². The molecule has 0 saturated heterocycles. The van der Waals surface area contributed by atoms with Crippen LogP contribution in [0.25, 0.3) is 0 Å². The summed E-state index contributed by atoms with van der Waals surface area (Å²) >= 11 is 0. The van der Waals surface area contributed by atoms with Crippen molar-refractivity contribution in [1.29, 1.82) is 0 Å². The Kier molecular flexibility index (Phi) is 9.97. The van der Waals surface area contributed by atoms with Gasteiger partial charge in [-0.2, -0.15) is 0 Å². The minimum absolute atomic E-state index is 0.187. The Labute approximate surface area is 167 Å². The van der Waals surface area contributed by atoms with E-state index in [4.69, 9.17) is 10.5 Å². The van der Waals surface area contributed by atoms with Crippen LogP contribution in [-0.4, -0.2) is 47.5 Å². The number of ether oxygens (including phenoxy) is 1. The number of primary amides is 1. The van der Waals surface area contributed by atoms with Crippen LogP contribution < -0.4 is 21.7 Å². The van der Waals surface area contributed by atoms with Crippen molar-refractivity contribution in [3.8, 4) is 0 Å². The molecule has 0 spiro atoms. The average Bonchev–Trinajstić information content (AvgIpc) is 2.54. The van der Waals surface area contributed by atoms with Crippen molar-refractivity contribution in [1.82, 2.24) is 16.0 Å². The van der Waals surface area contributed by atoms with E-state index in [1.165, 1.54) is 6.92 Å². The van der Waals surface area contributed by atoms with Gasteiger partial charge in [-0.1, -0.05) is 34.1 Å². The molecular formula is C19H36N4O5. The first kappa shape index (κ1) is 25.7. The van der Waals surface area contributed by atoms with Gasteiger partial charge >= 0.3 is 6.09 Å². The predicted molar refractivity (Wildman–Crippen MR) is 106 cm³/mol. The summed E-state index contributed by atoms with van der Waals surface area (Å²) in [5.41, 5.74) is 4.47. The summed E-state index contributed by atoms with van der Waals surface area (Å²) in [4.78, 5) is 48.6. The zero-order chi connectivity index (χ0) is 22.2. The second-order valence-electron chi connectivity index (χ2n) is 8.37. The fourth-order valence-corrected chi connectivity index (χ4v) is 2.29. The van der Waals surface area contributed by atoms with Crippen LogP contribution in [-0.2, 0) is 19.1 Å². The maximum atomic E-state index is 12.8. The lowest BCUT2D eigenvalue weighted by Gasteiger charge is -2.29. The molecule has 9 heteroatoms. The van der Waals surface area contributed by atoms with E-state index in [2.05, 4.69) is 16.0 Å². The number of nitrogens with two attached hydrogens (primary N) is 1. The molecule has 0 aromatic carbocycles. The van der Waals surface area contributed by atoms with E-state index < -0.39 is 47.5 Å². The molecule has 0 fully saturated rings. The average molecular weight is 401 g/mol. The Morgan fingerprint density at radius 1 is 0.893 bits per heavy atom. The van der Waals surface area contributed by atoms with Crippen LogP contribution in [0.3, 0.4) is 0 Å². The third-order valence-electron chi connectivity index (χ3n) is 4.20. The largest absolute Gasteiger partial charge is 0.444 e. The van der Waals surface area contributed by atoms with Crippen molar-refractivity contribution < 1.29 is 23.9 Å². The number of alkyl carbamates (subject to hydrolysis) is 1. The number of hydrogen-bond acceptors (Lipinski definition) is 5. The molecule has 4 amide bonds. The molecule has 162 valence electrons. The van der Waals surface area contributed by atoms with E-state index >= 15 is 0 Å². The van der Waals surface area contributed by atoms with E-state index in [0.717, 1.165) is 0 Å². The molecule has 0 aromatic rings. The Hall–Kier alpha value is -2.32. The van der Waals surface area contributed by atoms with Gasteiger partial charge in [-0.15, -0.1) is 0 Å². The summed E-state index contributed by atoms with van der Waals surface area (Å²) in [5.74, 6) is -2.13. The first-order chi connectivity index (χ1) is 12.7. The number of carbonyl (C=O) groups is 4. The van der Waals surface area contributed by atoms with Gasteiger partial charge in [-0.3, -0.25) is 14.4 Å². The highest BCUT2D eigenvalue weighted by molar-refractivity contribution is 5.93. The number of nitrogens with one attached hydrogen (secondary N) is 3. The third-order valence-corrected chi connectivity index (χ3v) is 4.20.